The van der Waals surface area contributed by atoms with Crippen molar-refractivity contribution in [1.82, 2.24) is 15.3 Å². The van der Waals surface area contributed by atoms with Crippen LogP contribution in [0.2, 0.25) is 0 Å². The molecule has 5 nitrogen and oxygen atoms in total. The molecule has 28 heavy (non-hydrogen) atoms. The van der Waals surface area contributed by atoms with Gasteiger partial charge in [-0.05, 0) is 29.8 Å². The fourth-order valence-corrected chi connectivity index (χ4v) is 3.68. The summed E-state index contributed by atoms with van der Waals surface area (Å²) >= 11 is 0.958. The molecule has 0 radical (unpaired) electrons. The van der Waals surface area contributed by atoms with E-state index in [1.165, 1.54) is 0 Å². The van der Waals surface area contributed by atoms with Gasteiger partial charge in [0.2, 0.25) is 0 Å². The van der Waals surface area contributed by atoms with Crippen LogP contribution in [0.4, 0.5) is 18.9 Å². The Balaban J connectivity index is 1.55. The zero-order valence-corrected chi connectivity index (χ0v) is 15.1. The first-order chi connectivity index (χ1) is 13.3. The standard InChI is InChI=1S/C19H13F3N4OS/c20-19(21,22)12-6-13(23)16-15(7-12)26-18(28-16)17(27)25-9-10-5-11-3-1-2-4-14(11)24-8-10/h1-8H,9,23H2,(H,25,27). The van der Waals surface area contributed by atoms with E-state index in [1.807, 2.05) is 30.3 Å². The number of anilines is 1. The van der Waals surface area contributed by atoms with Gasteiger partial charge in [-0.25, -0.2) is 4.98 Å². The fraction of sp³-hybridized carbons (Fsp3) is 0.105. The average Bonchev–Trinajstić information content (AvgIpc) is 3.10. The molecule has 4 aromatic rings. The van der Waals surface area contributed by atoms with Gasteiger partial charge >= 0.3 is 6.18 Å². The van der Waals surface area contributed by atoms with Gasteiger partial charge in [0, 0.05) is 18.1 Å². The summed E-state index contributed by atoms with van der Waals surface area (Å²) in [6.45, 7) is 0.218. The van der Waals surface area contributed by atoms with Crippen molar-refractivity contribution in [2.45, 2.75) is 12.7 Å². The van der Waals surface area contributed by atoms with Gasteiger partial charge in [0.25, 0.3) is 5.91 Å². The number of benzene rings is 2. The second kappa shape index (κ2) is 6.75. The van der Waals surface area contributed by atoms with Crippen LogP contribution in [0.25, 0.3) is 21.1 Å². The number of alkyl halides is 3. The highest BCUT2D eigenvalue weighted by molar-refractivity contribution is 7.20. The van der Waals surface area contributed by atoms with Gasteiger partial charge in [-0.2, -0.15) is 13.2 Å². The maximum Gasteiger partial charge on any atom is 0.416 e. The number of nitrogens with zero attached hydrogens (tertiary/aromatic N) is 2. The lowest BCUT2D eigenvalue weighted by Crippen LogP contribution is -2.22. The quantitative estimate of drug-likeness (QED) is 0.499. The number of hydrogen-bond acceptors (Lipinski definition) is 5. The highest BCUT2D eigenvalue weighted by Crippen LogP contribution is 2.36. The van der Waals surface area contributed by atoms with Crippen molar-refractivity contribution in [2.75, 3.05) is 5.73 Å². The van der Waals surface area contributed by atoms with Crippen LogP contribution in [0.3, 0.4) is 0 Å². The highest BCUT2D eigenvalue weighted by atomic mass is 32.1. The van der Waals surface area contributed by atoms with Gasteiger partial charge in [-0.15, -0.1) is 11.3 Å². The first kappa shape index (κ1) is 18.2. The van der Waals surface area contributed by atoms with Gasteiger partial charge in [0.05, 0.1) is 27.0 Å². The maximum absolute atomic E-state index is 12.9. The van der Waals surface area contributed by atoms with Crippen LogP contribution in [-0.4, -0.2) is 15.9 Å². The number of thiazole rings is 1. The number of rotatable bonds is 3. The summed E-state index contributed by atoms with van der Waals surface area (Å²) in [5.41, 5.74) is 6.46. The Morgan fingerprint density at radius 2 is 1.93 bits per heavy atom. The van der Waals surface area contributed by atoms with Gasteiger partial charge in [-0.3, -0.25) is 9.78 Å². The molecular weight excluding hydrogens is 389 g/mol. The Morgan fingerprint density at radius 1 is 1.14 bits per heavy atom. The molecular formula is C19H13F3N4OS. The predicted octanol–water partition coefficient (Wildman–Crippen LogP) is 4.38. The minimum atomic E-state index is -4.53. The molecule has 2 aromatic heterocycles. The molecule has 0 fully saturated rings. The molecule has 0 saturated heterocycles. The zero-order valence-electron chi connectivity index (χ0n) is 14.2. The highest BCUT2D eigenvalue weighted by Gasteiger charge is 2.32. The molecule has 2 heterocycles. The van der Waals surface area contributed by atoms with Gasteiger partial charge < -0.3 is 11.1 Å². The van der Waals surface area contributed by atoms with E-state index in [0.29, 0.717) is 4.70 Å². The van der Waals surface area contributed by atoms with E-state index >= 15 is 0 Å². The van der Waals surface area contributed by atoms with Crippen LogP contribution in [0, 0.1) is 0 Å². The first-order valence-electron chi connectivity index (χ1n) is 8.20. The Kier molecular flexibility index (Phi) is 4.38. The molecule has 0 saturated carbocycles. The molecule has 3 N–H and O–H groups in total. The lowest BCUT2D eigenvalue weighted by Gasteiger charge is -2.07. The first-order valence-corrected chi connectivity index (χ1v) is 9.02. The lowest BCUT2D eigenvalue weighted by atomic mass is 10.1. The third kappa shape index (κ3) is 3.48. The van der Waals surface area contributed by atoms with E-state index < -0.39 is 17.6 Å². The molecule has 0 aliphatic heterocycles. The monoisotopic (exact) mass is 402 g/mol. The summed E-state index contributed by atoms with van der Waals surface area (Å²) in [6.07, 6.45) is -2.87. The summed E-state index contributed by atoms with van der Waals surface area (Å²) in [6, 6.07) is 11.2. The van der Waals surface area contributed by atoms with Crippen molar-refractivity contribution in [2.24, 2.45) is 0 Å². The number of halogens is 3. The molecule has 0 unspecified atom stereocenters. The van der Waals surface area contributed by atoms with Crippen molar-refractivity contribution in [3.8, 4) is 0 Å². The second-order valence-corrected chi connectivity index (χ2v) is 7.15. The molecule has 0 atom stereocenters. The number of carbonyl (C=O) groups is 1. The van der Waals surface area contributed by atoms with Crippen molar-refractivity contribution >= 4 is 44.1 Å². The van der Waals surface area contributed by atoms with E-state index in [4.69, 9.17) is 5.73 Å². The van der Waals surface area contributed by atoms with Crippen LogP contribution in [0.1, 0.15) is 20.9 Å². The summed E-state index contributed by atoms with van der Waals surface area (Å²) in [5.74, 6) is -0.484. The van der Waals surface area contributed by atoms with Crippen LogP contribution in [0.5, 0.6) is 0 Å². The van der Waals surface area contributed by atoms with Crippen LogP contribution < -0.4 is 11.1 Å². The number of pyridine rings is 1. The SMILES string of the molecule is Nc1cc(C(F)(F)F)cc2nc(C(=O)NCc3cnc4ccccc4c3)sc12. The largest absolute Gasteiger partial charge is 0.416 e. The number of fused-ring (bicyclic) bond motifs is 2. The molecule has 0 aliphatic rings. The van der Waals surface area contributed by atoms with Crippen molar-refractivity contribution in [1.29, 1.82) is 0 Å². The summed E-state index contributed by atoms with van der Waals surface area (Å²) in [4.78, 5) is 20.7. The Bertz CT molecular complexity index is 1200. The Hall–Kier alpha value is -3.20. The van der Waals surface area contributed by atoms with E-state index in [0.717, 1.165) is 39.9 Å². The number of para-hydroxylation sites is 1. The smallest absolute Gasteiger partial charge is 0.398 e. The fourth-order valence-electron chi connectivity index (χ4n) is 2.79. The third-order valence-corrected chi connectivity index (χ3v) is 5.26. The van der Waals surface area contributed by atoms with Gasteiger partial charge in [0.1, 0.15) is 0 Å². The van der Waals surface area contributed by atoms with Crippen LogP contribution >= 0.6 is 11.3 Å². The molecule has 4 rings (SSSR count). The second-order valence-electron chi connectivity index (χ2n) is 6.15. The molecule has 0 aliphatic carbocycles. The summed E-state index contributed by atoms with van der Waals surface area (Å²) in [5, 5.41) is 3.71. The zero-order chi connectivity index (χ0) is 19.9. The van der Waals surface area contributed by atoms with E-state index in [2.05, 4.69) is 15.3 Å². The number of nitrogen functional groups attached to an aromatic ring is 1. The van der Waals surface area contributed by atoms with Gasteiger partial charge in [-0.1, -0.05) is 18.2 Å². The summed E-state index contributed by atoms with van der Waals surface area (Å²) < 4.78 is 39.1. The van der Waals surface area contributed by atoms with E-state index in [-0.39, 0.29) is 22.8 Å². The van der Waals surface area contributed by atoms with Crippen molar-refractivity contribution in [3.05, 3.63) is 64.8 Å². The number of amides is 1. The van der Waals surface area contributed by atoms with Crippen molar-refractivity contribution in [3.63, 3.8) is 0 Å². The number of hydrogen-bond donors (Lipinski definition) is 2. The lowest BCUT2D eigenvalue weighted by molar-refractivity contribution is -0.137. The van der Waals surface area contributed by atoms with E-state index in [9.17, 15) is 18.0 Å². The van der Waals surface area contributed by atoms with Crippen LogP contribution in [-0.2, 0) is 12.7 Å². The molecule has 9 heteroatoms. The molecule has 2 aromatic carbocycles. The minimum Gasteiger partial charge on any atom is -0.398 e. The normalized spacial score (nSPS) is 11.8. The van der Waals surface area contributed by atoms with Crippen LogP contribution in [0.15, 0.2) is 48.7 Å². The maximum atomic E-state index is 12.9. The number of aromatic nitrogens is 2. The molecule has 142 valence electrons. The average molecular weight is 402 g/mol. The molecule has 0 spiro atoms. The summed E-state index contributed by atoms with van der Waals surface area (Å²) in [7, 11) is 0. The molecule has 0 bridgehead atoms. The Morgan fingerprint density at radius 3 is 2.71 bits per heavy atom. The number of carbonyl (C=O) groups excluding carboxylic acids is 1. The van der Waals surface area contributed by atoms with Crippen molar-refractivity contribution < 1.29 is 18.0 Å². The Labute approximate surface area is 161 Å². The predicted molar refractivity (Wildman–Crippen MR) is 102 cm³/mol. The topological polar surface area (TPSA) is 80.9 Å². The third-order valence-electron chi connectivity index (χ3n) is 4.14. The number of nitrogens with two attached hydrogens (primary N) is 1. The number of nitrogens with one attached hydrogen (secondary N) is 1. The molecule has 1 amide bonds. The minimum absolute atomic E-state index is 0.0507. The van der Waals surface area contributed by atoms with E-state index in [1.54, 1.807) is 6.20 Å². The van der Waals surface area contributed by atoms with Gasteiger partial charge in [0.15, 0.2) is 5.01 Å².